The predicted molar refractivity (Wildman–Crippen MR) is 89.0 cm³/mol. The molecule has 0 saturated carbocycles. The molecule has 1 aromatic heterocycles. The Labute approximate surface area is 131 Å². The highest BCUT2D eigenvalue weighted by atomic mass is 32.2. The van der Waals surface area contributed by atoms with E-state index in [0.717, 1.165) is 30.2 Å². The molecule has 0 aliphatic heterocycles. The summed E-state index contributed by atoms with van der Waals surface area (Å²) >= 11 is 1.83. The van der Waals surface area contributed by atoms with Crippen LogP contribution in [0.5, 0.6) is 5.75 Å². The van der Waals surface area contributed by atoms with Gasteiger partial charge in [-0.2, -0.15) is 0 Å². The average molecular weight is 302 g/mol. The zero-order valence-corrected chi connectivity index (χ0v) is 13.4. The molecule has 0 aliphatic carbocycles. The van der Waals surface area contributed by atoms with Gasteiger partial charge in [-0.1, -0.05) is 25.1 Å². The van der Waals surface area contributed by atoms with Gasteiger partial charge >= 0.3 is 0 Å². The minimum absolute atomic E-state index is 0.186. The first-order valence-corrected chi connectivity index (χ1v) is 8.23. The number of ether oxygens (including phenoxy) is 1. The van der Waals surface area contributed by atoms with Crippen LogP contribution in [0.1, 0.15) is 25.1 Å². The van der Waals surface area contributed by atoms with E-state index in [4.69, 9.17) is 4.74 Å². The lowest BCUT2D eigenvalue weighted by Gasteiger charge is -2.19. The van der Waals surface area contributed by atoms with Gasteiger partial charge < -0.3 is 10.1 Å². The Bertz CT molecular complexity index is 533. The average Bonchev–Trinajstić information content (AvgIpc) is 2.56. The van der Waals surface area contributed by atoms with Crippen molar-refractivity contribution in [2.24, 2.45) is 0 Å². The highest BCUT2D eigenvalue weighted by molar-refractivity contribution is 7.99. The smallest absolute Gasteiger partial charge is 0.142 e. The summed E-state index contributed by atoms with van der Waals surface area (Å²) in [5.74, 6) is 1.77. The lowest BCUT2D eigenvalue weighted by atomic mass is 10.2. The van der Waals surface area contributed by atoms with Crippen molar-refractivity contribution in [2.75, 3.05) is 19.4 Å². The summed E-state index contributed by atoms with van der Waals surface area (Å²) in [5, 5.41) is 3.57. The molecule has 0 radical (unpaired) electrons. The van der Waals surface area contributed by atoms with Crippen LogP contribution in [-0.4, -0.2) is 24.4 Å². The molecule has 2 rings (SSSR count). The van der Waals surface area contributed by atoms with Crippen molar-refractivity contribution >= 4 is 11.8 Å². The standard InChI is InChI=1S/C17H22N2OS/c1-3-11-18-15(13-21-14-8-5-4-6-9-14)17-16(20-2)10-7-12-19-17/h4-10,12,15,18H,3,11,13H2,1-2H3. The maximum atomic E-state index is 5.45. The van der Waals surface area contributed by atoms with E-state index in [2.05, 4.69) is 41.5 Å². The molecule has 0 aliphatic rings. The van der Waals surface area contributed by atoms with Gasteiger partial charge in [0.2, 0.25) is 0 Å². The number of nitrogens with zero attached hydrogens (tertiary/aromatic N) is 1. The number of rotatable bonds is 8. The number of thioether (sulfide) groups is 1. The van der Waals surface area contributed by atoms with E-state index in [-0.39, 0.29) is 6.04 Å². The second-order valence-corrected chi connectivity index (χ2v) is 5.82. The van der Waals surface area contributed by atoms with Crippen LogP contribution in [0, 0.1) is 0 Å². The molecule has 0 fully saturated rings. The van der Waals surface area contributed by atoms with Crippen LogP contribution in [0.3, 0.4) is 0 Å². The first kappa shape index (κ1) is 15.9. The third-order valence-corrected chi connectivity index (χ3v) is 4.26. The minimum atomic E-state index is 0.186. The normalized spacial score (nSPS) is 12.1. The molecule has 1 aromatic carbocycles. The number of hydrogen-bond acceptors (Lipinski definition) is 4. The molecule has 0 saturated heterocycles. The van der Waals surface area contributed by atoms with Crippen LogP contribution < -0.4 is 10.1 Å². The molecule has 0 spiro atoms. The monoisotopic (exact) mass is 302 g/mol. The third kappa shape index (κ3) is 4.76. The van der Waals surface area contributed by atoms with Gasteiger partial charge in [-0.15, -0.1) is 11.8 Å². The molecule has 21 heavy (non-hydrogen) atoms. The molecule has 112 valence electrons. The summed E-state index contributed by atoms with van der Waals surface area (Å²) in [6, 6.07) is 14.5. The van der Waals surface area contributed by atoms with E-state index in [0.29, 0.717) is 0 Å². The van der Waals surface area contributed by atoms with Crippen molar-refractivity contribution in [3.63, 3.8) is 0 Å². The van der Waals surface area contributed by atoms with Crippen molar-refractivity contribution < 1.29 is 4.74 Å². The van der Waals surface area contributed by atoms with Crippen molar-refractivity contribution in [3.8, 4) is 5.75 Å². The van der Waals surface area contributed by atoms with Crippen molar-refractivity contribution in [2.45, 2.75) is 24.3 Å². The van der Waals surface area contributed by atoms with E-state index in [1.54, 1.807) is 7.11 Å². The predicted octanol–water partition coefficient (Wildman–Crippen LogP) is 3.92. The van der Waals surface area contributed by atoms with Gasteiger partial charge in [0.25, 0.3) is 0 Å². The SMILES string of the molecule is CCCNC(CSc1ccccc1)c1ncccc1OC. The molecule has 1 N–H and O–H groups in total. The van der Waals surface area contributed by atoms with E-state index in [1.807, 2.05) is 36.2 Å². The van der Waals surface area contributed by atoms with Crippen LogP contribution in [0.25, 0.3) is 0 Å². The van der Waals surface area contributed by atoms with Crippen molar-refractivity contribution in [1.82, 2.24) is 10.3 Å². The fourth-order valence-electron chi connectivity index (χ4n) is 2.09. The second-order valence-electron chi connectivity index (χ2n) is 4.72. The van der Waals surface area contributed by atoms with Gasteiger partial charge in [0.15, 0.2) is 0 Å². The largest absolute Gasteiger partial charge is 0.495 e. The summed E-state index contributed by atoms with van der Waals surface area (Å²) in [7, 11) is 1.70. The summed E-state index contributed by atoms with van der Waals surface area (Å²) in [6.45, 7) is 3.14. The van der Waals surface area contributed by atoms with Gasteiger partial charge in [0.05, 0.1) is 18.8 Å². The topological polar surface area (TPSA) is 34.2 Å². The number of hydrogen-bond donors (Lipinski definition) is 1. The van der Waals surface area contributed by atoms with Gasteiger partial charge in [-0.25, -0.2) is 0 Å². The second kappa shape index (κ2) is 8.70. The molecule has 1 atom stereocenters. The Hall–Kier alpha value is -1.52. The van der Waals surface area contributed by atoms with Gasteiger partial charge in [-0.3, -0.25) is 4.98 Å². The Balaban J connectivity index is 2.10. The quantitative estimate of drug-likeness (QED) is 0.749. The van der Waals surface area contributed by atoms with Crippen LogP contribution in [0.2, 0.25) is 0 Å². The van der Waals surface area contributed by atoms with Gasteiger partial charge in [0.1, 0.15) is 5.75 Å². The van der Waals surface area contributed by atoms with Crippen LogP contribution in [0.15, 0.2) is 53.6 Å². The number of methoxy groups -OCH3 is 1. The number of aromatic nitrogens is 1. The lowest BCUT2D eigenvalue weighted by molar-refractivity contribution is 0.398. The number of nitrogens with one attached hydrogen (secondary N) is 1. The van der Waals surface area contributed by atoms with Gasteiger partial charge in [0, 0.05) is 16.8 Å². The van der Waals surface area contributed by atoms with Crippen molar-refractivity contribution in [1.29, 1.82) is 0 Å². The fourth-order valence-corrected chi connectivity index (χ4v) is 3.07. The Morgan fingerprint density at radius 1 is 1.19 bits per heavy atom. The summed E-state index contributed by atoms with van der Waals surface area (Å²) in [4.78, 5) is 5.79. The highest BCUT2D eigenvalue weighted by Gasteiger charge is 2.17. The fraction of sp³-hybridized carbons (Fsp3) is 0.353. The highest BCUT2D eigenvalue weighted by Crippen LogP contribution is 2.28. The molecule has 3 nitrogen and oxygen atoms in total. The van der Waals surface area contributed by atoms with E-state index < -0.39 is 0 Å². The van der Waals surface area contributed by atoms with E-state index in [9.17, 15) is 0 Å². The Kier molecular flexibility index (Phi) is 6.57. The molecular formula is C17H22N2OS. The first-order chi connectivity index (χ1) is 10.3. The molecule has 2 aromatic rings. The number of pyridine rings is 1. The minimum Gasteiger partial charge on any atom is -0.495 e. The zero-order chi connectivity index (χ0) is 14.9. The number of benzene rings is 1. The van der Waals surface area contributed by atoms with Crippen molar-refractivity contribution in [3.05, 3.63) is 54.4 Å². The molecule has 1 unspecified atom stereocenters. The van der Waals surface area contributed by atoms with Crippen LogP contribution >= 0.6 is 11.8 Å². The molecule has 0 amide bonds. The molecular weight excluding hydrogens is 280 g/mol. The van der Waals surface area contributed by atoms with E-state index >= 15 is 0 Å². The molecule has 1 heterocycles. The maximum absolute atomic E-state index is 5.45. The van der Waals surface area contributed by atoms with Gasteiger partial charge in [-0.05, 0) is 37.2 Å². The summed E-state index contributed by atoms with van der Waals surface area (Å²) in [6.07, 6.45) is 2.92. The Morgan fingerprint density at radius 2 is 2.00 bits per heavy atom. The first-order valence-electron chi connectivity index (χ1n) is 7.25. The molecule has 4 heteroatoms. The third-order valence-electron chi connectivity index (χ3n) is 3.15. The van der Waals surface area contributed by atoms with E-state index in [1.165, 1.54) is 4.90 Å². The summed E-state index contributed by atoms with van der Waals surface area (Å²) < 4.78 is 5.45. The molecule has 0 bridgehead atoms. The van der Waals surface area contributed by atoms with Crippen LogP contribution in [0.4, 0.5) is 0 Å². The zero-order valence-electron chi connectivity index (χ0n) is 12.6. The lowest BCUT2D eigenvalue weighted by Crippen LogP contribution is -2.25. The maximum Gasteiger partial charge on any atom is 0.142 e. The summed E-state index contributed by atoms with van der Waals surface area (Å²) in [5.41, 5.74) is 0.983. The Morgan fingerprint density at radius 3 is 2.71 bits per heavy atom. The van der Waals surface area contributed by atoms with Crippen LogP contribution in [-0.2, 0) is 0 Å².